The van der Waals surface area contributed by atoms with Gasteiger partial charge in [0.1, 0.15) is 0 Å². The molecule has 0 radical (unpaired) electrons. The van der Waals surface area contributed by atoms with E-state index in [0.29, 0.717) is 6.04 Å². The van der Waals surface area contributed by atoms with E-state index in [9.17, 15) is 0 Å². The molecule has 2 unspecified atom stereocenters. The molecule has 1 aliphatic rings. The van der Waals surface area contributed by atoms with Crippen molar-refractivity contribution in [2.24, 2.45) is 0 Å². The predicted molar refractivity (Wildman–Crippen MR) is 49.7 cm³/mol. The van der Waals surface area contributed by atoms with Crippen LogP contribution < -0.4 is 0 Å². The van der Waals surface area contributed by atoms with Crippen molar-refractivity contribution in [2.75, 3.05) is 6.54 Å². The summed E-state index contributed by atoms with van der Waals surface area (Å²) in [5.74, 6) is 0. The van der Waals surface area contributed by atoms with Crippen molar-refractivity contribution in [3.63, 3.8) is 0 Å². The Morgan fingerprint density at radius 1 is 1.55 bits per heavy atom. The molecule has 0 aromatic carbocycles. The summed E-state index contributed by atoms with van der Waals surface area (Å²) in [6.45, 7) is 10.3. The van der Waals surface area contributed by atoms with E-state index in [1.807, 2.05) is 0 Å². The van der Waals surface area contributed by atoms with E-state index in [1.54, 1.807) is 0 Å². The van der Waals surface area contributed by atoms with Crippen molar-refractivity contribution in [1.82, 2.24) is 4.90 Å². The molecule has 0 aromatic heterocycles. The van der Waals surface area contributed by atoms with Gasteiger partial charge in [-0.15, -0.1) is 0 Å². The maximum Gasteiger partial charge on any atom is 0.0279 e. The van der Waals surface area contributed by atoms with Gasteiger partial charge >= 0.3 is 0 Å². The Morgan fingerprint density at radius 2 is 2.18 bits per heavy atom. The lowest BCUT2D eigenvalue weighted by Crippen LogP contribution is -2.42. The zero-order valence-corrected chi connectivity index (χ0v) is 8.09. The highest BCUT2D eigenvalue weighted by atomic mass is 15.2. The van der Waals surface area contributed by atoms with Crippen LogP contribution in [0.15, 0.2) is 11.6 Å². The van der Waals surface area contributed by atoms with E-state index in [2.05, 4.69) is 38.7 Å². The van der Waals surface area contributed by atoms with Gasteiger partial charge in [0, 0.05) is 12.1 Å². The monoisotopic (exact) mass is 153 g/mol. The average molecular weight is 153 g/mol. The van der Waals surface area contributed by atoms with Gasteiger partial charge in [-0.05, 0) is 33.7 Å². The highest BCUT2D eigenvalue weighted by Crippen LogP contribution is 2.21. The van der Waals surface area contributed by atoms with Gasteiger partial charge in [-0.25, -0.2) is 0 Å². The van der Waals surface area contributed by atoms with Gasteiger partial charge in [0.25, 0.3) is 0 Å². The Morgan fingerprint density at radius 3 is 2.64 bits per heavy atom. The van der Waals surface area contributed by atoms with Crippen molar-refractivity contribution >= 4 is 0 Å². The second-order valence-electron chi connectivity index (χ2n) is 3.54. The lowest BCUT2D eigenvalue weighted by molar-refractivity contribution is 0.172. The highest BCUT2D eigenvalue weighted by molar-refractivity contribution is 5.11. The first-order valence-corrected chi connectivity index (χ1v) is 4.59. The first-order valence-electron chi connectivity index (χ1n) is 4.59. The van der Waals surface area contributed by atoms with Gasteiger partial charge in [-0.1, -0.05) is 18.6 Å². The van der Waals surface area contributed by atoms with E-state index >= 15 is 0 Å². The van der Waals surface area contributed by atoms with Crippen molar-refractivity contribution in [3.8, 4) is 0 Å². The van der Waals surface area contributed by atoms with Gasteiger partial charge in [-0.3, -0.25) is 4.90 Å². The zero-order valence-electron chi connectivity index (χ0n) is 8.09. The zero-order chi connectivity index (χ0) is 8.43. The Balaban J connectivity index is 2.71. The van der Waals surface area contributed by atoms with Gasteiger partial charge in [0.15, 0.2) is 0 Å². The van der Waals surface area contributed by atoms with Crippen LogP contribution in [0.2, 0.25) is 0 Å². The van der Waals surface area contributed by atoms with Crippen molar-refractivity contribution in [2.45, 2.75) is 46.2 Å². The molecule has 64 valence electrons. The van der Waals surface area contributed by atoms with E-state index in [4.69, 9.17) is 0 Å². The summed E-state index contributed by atoms with van der Waals surface area (Å²) in [5.41, 5.74) is 1.53. The quantitative estimate of drug-likeness (QED) is 0.523. The van der Waals surface area contributed by atoms with E-state index in [0.717, 1.165) is 6.04 Å². The number of likely N-dealkylation sites (N-methyl/N-ethyl adjacent to an activating group) is 1. The first-order chi connectivity index (χ1) is 5.16. The average Bonchev–Trinajstić information content (AvgIpc) is 1.99. The third kappa shape index (κ3) is 1.64. The lowest BCUT2D eigenvalue weighted by Gasteiger charge is -2.37. The van der Waals surface area contributed by atoms with Crippen LogP contribution in [0, 0.1) is 0 Å². The molecule has 11 heavy (non-hydrogen) atoms. The smallest absolute Gasteiger partial charge is 0.0279 e. The molecule has 0 fully saturated rings. The SMILES string of the molecule is CCN1C(C)CC=C(C)C1C. The van der Waals surface area contributed by atoms with Gasteiger partial charge in [-0.2, -0.15) is 0 Å². The summed E-state index contributed by atoms with van der Waals surface area (Å²) in [7, 11) is 0. The first kappa shape index (κ1) is 8.79. The molecule has 1 rings (SSSR count). The van der Waals surface area contributed by atoms with Crippen molar-refractivity contribution in [1.29, 1.82) is 0 Å². The molecule has 1 aliphatic heterocycles. The molecule has 0 saturated carbocycles. The fraction of sp³-hybridized carbons (Fsp3) is 0.800. The molecule has 0 amide bonds. The summed E-state index contributed by atoms with van der Waals surface area (Å²) in [4.78, 5) is 2.55. The molecule has 0 saturated heterocycles. The number of nitrogens with zero attached hydrogens (tertiary/aromatic N) is 1. The lowest BCUT2D eigenvalue weighted by atomic mass is 9.98. The normalized spacial score (nSPS) is 33.6. The molecule has 0 bridgehead atoms. The minimum absolute atomic E-state index is 0.656. The van der Waals surface area contributed by atoms with Crippen LogP contribution in [-0.4, -0.2) is 23.5 Å². The summed E-state index contributed by atoms with van der Waals surface area (Å²) < 4.78 is 0. The standard InChI is InChI=1S/C10H19N/c1-5-11-9(3)7-6-8(2)10(11)4/h6,9-10H,5,7H2,1-4H3. The van der Waals surface area contributed by atoms with Crippen LogP contribution in [0.4, 0.5) is 0 Å². The minimum Gasteiger partial charge on any atom is -0.294 e. The summed E-state index contributed by atoms with van der Waals surface area (Å²) in [6, 6.07) is 1.39. The van der Waals surface area contributed by atoms with E-state index in [1.165, 1.54) is 18.5 Å². The van der Waals surface area contributed by atoms with Gasteiger partial charge in [0.2, 0.25) is 0 Å². The van der Waals surface area contributed by atoms with Crippen molar-refractivity contribution in [3.05, 3.63) is 11.6 Å². The van der Waals surface area contributed by atoms with Crippen LogP contribution >= 0.6 is 0 Å². The molecule has 0 aromatic rings. The largest absolute Gasteiger partial charge is 0.294 e. The number of hydrogen-bond acceptors (Lipinski definition) is 1. The molecule has 1 heteroatoms. The van der Waals surface area contributed by atoms with Gasteiger partial charge < -0.3 is 0 Å². The predicted octanol–water partition coefficient (Wildman–Crippen LogP) is 2.44. The molecule has 1 nitrogen and oxygen atoms in total. The summed E-state index contributed by atoms with van der Waals surface area (Å²) >= 11 is 0. The Bertz CT molecular complexity index is 160. The fourth-order valence-electron chi connectivity index (χ4n) is 1.89. The van der Waals surface area contributed by atoms with Crippen LogP contribution in [0.3, 0.4) is 0 Å². The molecule has 0 spiro atoms. The third-order valence-corrected chi connectivity index (χ3v) is 2.87. The van der Waals surface area contributed by atoms with Crippen LogP contribution in [0.5, 0.6) is 0 Å². The maximum absolute atomic E-state index is 2.55. The van der Waals surface area contributed by atoms with Crippen LogP contribution in [0.25, 0.3) is 0 Å². The molecular formula is C10H19N. The number of hydrogen-bond donors (Lipinski definition) is 0. The Kier molecular flexibility index (Phi) is 2.72. The summed E-state index contributed by atoms with van der Waals surface area (Å²) in [5, 5.41) is 0. The van der Waals surface area contributed by atoms with E-state index < -0.39 is 0 Å². The highest BCUT2D eigenvalue weighted by Gasteiger charge is 2.22. The van der Waals surface area contributed by atoms with E-state index in [-0.39, 0.29) is 0 Å². The van der Waals surface area contributed by atoms with Crippen molar-refractivity contribution < 1.29 is 0 Å². The molecule has 0 N–H and O–H groups in total. The minimum atomic E-state index is 0.656. The molecule has 1 heterocycles. The molecular weight excluding hydrogens is 134 g/mol. The fourth-order valence-corrected chi connectivity index (χ4v) is 1.89. The molecule has 2 atom stereocenters. The number of rotatable bonds is 1. The third-order valence-electron chi connectivity index (χ3n) is 2.87. The Hall–Kier alpha value is -0.300. The second kappa shape index (κ2) is 3.40. The van der Waals surface area contributed by atoms with Crippen LogP contribution in [0.1, 0.15) is 34.1 Å². The topological polar surface area (TPSA) is 3.24 Å². The van der Waals surface area contributed by atoms with Gasteiger partial charge in [0.05, 0.1) is 0 Å². The second-order valence-corrected chi connectivity index (χ2v) is 3.54. The van der Waals surface area contributed by atoms with Crippen LogP contribution in [-0.2, 0) is 0 Å². The molecule has 0 aliphatic carbocycles. The summed E-state index contributed by atoms with van der Waals surface area (Å²) in [6.07, 6.45) is 3.60. The maximum atomic E-state index is 2.55. The Labute approximate surface area is 70.1 Å².